The first kappa shape index (κ1) is 18.1. The molecule has 1 amide bonds. The number of halogens is 2. The Morgan fingerprint density at radius 2 is 1.42 bits per heavy atom. The Morgan fingerprint density at radius 3 is 1.88 bits per heavy atom. The zero-order valence-corrected chi connectivity index (χ0v) is 13.5. The molecule has 1 N–H and O–H groups in total. The van der Waals surface area contributed by atoms with Crippen LogP contribution in [0.2, 0.25) is 0 Å². The minimum absolute atomic E-state index is 0.253. The Bertz CT molecular complexity index is 564. The van der Waals surface area contributed by atoms with Gasteiger partial charge in [-0.3, -0.25) is 9.69 Å². The number of nitrogens with one attached hydrogen (secondary N) is 1. The molecule has 5 heteroatoms. The molecule has 0 atom stereocenters. The first-order valence-corrected chi connectivity index (χ1v) is 8.01. The quantitative estimate of drug-likeness (QED) is 0.713. The van der Waals surface area contributed by atoms with Crippen molar-refractivity contribution in [1.29, 1.82) is 0 Å². The fourth-order valence-corrected chi connectivity index (χ4v) is 2.49. The zero-order chi connectivity index (χ0) is 17.2. The van der Waals surface area contributed by atoms with Gasteiger partial charge < -0.3 is 5.32 Å². The van der Waals surface area contributed by atoms with Crippen molar-refractivity contribution in [2.45, 2.75) is 25.9 Å². The van der Waals surface area contributed by atoms with Gasteiger partial charge in [-0.15, -0.1) is 0 Å². The molecule has 0 spiro atoms. The van der Waals surface area contributed by atoms with Gasteiger partial charge in [0.1, 0.15) is 0 Å². The Kier molecular flexibility index (Phi) is 7.36. The molecular weight excluding hydrogens is 310 g/mol. The summed E-state index contributed by atoms with van der Waals surface area (Å²) in [7, 11) is 0. The van der Waals surface area contributed by atoms with Crippen LogP contribution in [-0.4, -0.2) is 30.3 Å². The zero-order valence-electron chi connectivity index (χ0n) is 13.5. The van der Waals surface area contributed by atoms with E-state index < -0.39 is 12.3 Å². The van der Waals surface area contributed by atoms with E-state index in [2.05, 4.69) is 34.5 Å². The predicted molar refractivity (Wildman–Crippen MR) is 90.6 cm³/mol. The van der Waals surface area contributed by atoms with Gasteiger partial charge in [-0.2, -0.15) is 8.78 Å². The molecule has 0 heterocycles. The molecule has 0 fully saturated rings. The number of carbonyl (C=O) groups is 1. The summed E-state index contributed by atoms with van der Waals surface area (Å²) in [6.45, 7) is 2.52. The van der Waals surface area contributed by atoms with Crippen molar-refractivity contribution < 1.29 is 13.6 Å². The highest BCUT2D eigenvalue weighted by Gasteiger charge is 2.14. The molecule has 0 aliphatic rings. The van der Waals surface area contributed by atoms with E-state index in [9.17, 15) is 13.6 Å². The second-order valence-electron chi connectivity index (χ2n) is 5.63. The van der Waals surface area contributed by atoms with E-state index >= 15 is 0 Å². The van der Waals surface area contributed by atoms with Gasteiger partial charge in [0.05, 0.1) is 0 Å². The van der Waals surface area contributed by atoms with Crippen molar-refractivity contribution >= 4 is 5.91 Å². The second kappa shape index (κ2) is 9.78. The molecule has 0 saturated heterocycles. The number of hydrogen-bond acceptors (Lipinski definition) is 2. The van der Waals surface area contributed by atoms with Gasteiger partial charge in [0.25, 0.3) is 5.91 Å². The number of hydrogen-bond donors (Lipinski definition) is 1. The molecule has 0 aliphatic heterocycles. The predicted octanol–water partition coefficient (Wildman–Crippen LogP) is 3.46. The molecule has 3 nitrogen and oxygen atoms in total. The van der Waals surface area contributed by atoms with Crippen molar-refractivity contribution in [2.24, 2.45) is 0 Å². The molecule has 2 rings (SSSR count). The van der Waals surface area contributed by atoms with Crippen molar-refractivity contribution in [3.63, 3.8) is 0 Å². The minimum Gasteiger partial charge on any atom is -0.351 e. The third-order valence-corrected chi connectivity index (χ3v) is 3.65. The summed E-state index contributed by atoms with van der Waals surface area (Å²) >= 11 is 0. The Hall–Kier alpha value is -2.27. The summed E-state index contributed by atoms with van der Waals surface area (Å²) in [6.07, 6.45) is -2.33. The first-order chi connectivity index (χ1) is 11.6. The molecule has 2 aromatic rings. The standard InChI is InChI=1S/C19H22F2N2O/c20-18(21)19(24)22-12-7-13-23(14-16-8-3-1-4-9-16)15-17-10-5-2-6-11-17/h1-6,8-11,18H,7,12-15H2,(H,22,24). The van der Waals surface area contributed by atoms with E-state index in [0.29, 0.717) is 13.0 Å². The smallest absolute Gasteiger partial charge is 0.315 e. The van der Waals surface area contributed by atoms with E-state index in [1.165, 1.54) is 11.1 Å². The highest BCUT2D eigenvalue weighted by molar-refractivity contribution is 5.78. The lowest BCUT2D eigenvalue weighted by atomic mass is 10.1. The summed E-state index contributed by atoms with van der Waals surface area (Å²) in [5.41, 5.74) is 2.40. The van der Waals surface area contributed by atoms with Crippen LogP contribution < -0.4 is 5.32 Å². The number of carbonyl (C=O) groups excluding carboxylic acids is 1. The lowest BCUT2D eigenvalue weighted by Crippen LogP contribution is -2.32. The van der Waals surface area contributed by atoms with Gasteiger partial charge in [0, 0.05) is 26.2 Å². The van der Waals surface area contributed by atoms with Crippen molar-refractivity contribution in [1.82, 2.24) is 10.2 Å². The molecule has 0 radical (unpaired) electrons. The van der Waals surface area contributed by atoms with E-state index in [1.807, 2.05) is 36.4 Å². The molecule has 0 bridgehead atoms. The van der Waals surface area contributed by atoms with Crippen molar-refractivity contribution in [3.8, 4) is 0 Å². The summed E-state index contributed by atoms with van der Waals surface area (Å²) < 4.78 is 24.3. The Labute approximate surface area is 141 Å². The van der Waals surface area contributed by atoms with Crippen LogP contribution in [0.1, 0.15) is 17.5 Å². The van der Waals surface area contributed by atoms with Gasteiger partial charge in [0.15, 0.2) is 0 Å². The van der Waals surface area contributed by atoms with Gasteiger partial charge in [-0.05, 0) is 17.5 Å². The van der Waals surface area contributed by atoms with Crippen LogP contribution in [0.5, 0.6) is 0 Å². The van der Waals surface area contributed by atoms with E-state index in [4.69, 9.17) is 0 Å². The number of amides is 1. The van der Waals surface area contributed by atoms with Crippen LogP contribution in [0.25, 0.3) is 0 Å². The Balaban J connectivity index is 1.88. The highest BCUT2D eigenvalue weighted by Crippen LogP contribution is 2.10. The Morgan fingerprint density at radius 1 is 0.917 bits per heavy atom. The molecule has 0 saturated carbocycles. The van der Waals surface area contributed by atoms with E-state index in [1.54, 1.807) is 0 Å². The average molecular weight is 332 g/mol. The fraction of sp³-hybridized carbons (Fsp3) is 0.316. The lowest BCUT2D eigenvalue weighted by molar-refractivity contribution is -0.131. The third kappa shape index (κ3) is 6.46. The minimum atomic E-state index is -2.95. The molecular formula is C19H22F2N2O. The van der Waals surface area contributed by atoms with Crippen LogP contribution in [0.3, 0.4) is 0 Å². The van der Waals surface area contributed by atoms with Crippen molar-refractivity contribution in [3.05, 3.63) is 71.8 Å². The number of rotatable bonds is 9. The summed E-state index contributed by atoms with van der Waals surface area (Å²) in [5, 5.41) is 2.25. The highest BCUT2D eigenvalue weighted by atomic mass is 19.3. The number of benzene rings is 2. The summed E-state index contributed by atoms with van der Waals surface area (Å²) in [6, 6.07) is 20.2. The van der Waals surface area contributed by atoms with Crippen LogP contribution in [0, 0.1) is 0 Å². The molecule has 0 aliphatic carbocycles. The van der Waals surface area contributed by atoms with E-state index in [-0.39, 0.29) is 6.54 Å². The van der Waals surface area contributed by atoms with Gasteiger partial charge >= 0.3 is 6.43 Å². The van der Waals surface area contributed by atoms with Gasteiger partial charge in [-0.1, -0.05) is 60.7 Å². The summed E-state index contributed by atoms with van der Waals surface area (Å²) in [5.74, 6) is -1.20. The lowest BCUT2D eigenvalue weighted by Gasteiger charge is -2.22. The first-order valence-electron chi connectivity index (χ1n) is 8.01. The average Bonchev–Trinajstić information content (AvgIpc) is 2.60. The number of alkyl halides is 2. The molecule has 24 heavy (non-hydrogen) atoms. The third-order valence-electron chi connectivity index (χ3n) is 3.65. The van der Waals surface area contributed by atoms with Crippen LogP contribution >= 0.6 is 0 Å². The van der Waals surface area contributed by atoms with Crippen LogP contribution in [-0.2, 0) is 17.9 Å². The maximum Gasteiger partial charge on any atom is 0.315 e. The number of nitrogens with zero attached hydrogens (tertiary/aromatic N) is 1. The monoisotopic (exact) mass is 332 g/mol. The normalized spacial score (nSPS) is 11.0. The topological polar surface area (TPSA) is 32.3 Å². The molecule has 128 valence electrons. The molecule has 2 aromatic carbocycles. The second-order valence-corrected chi connectivity index (χ2v) is 5.63. The summed E-state index contributed by atoms with van der Waals surface area (Å²) in [4.78, 5) is 13.1. The fourth-order valence-electron chi connectivity index (χ4n) is 2.49. The maximum absolute atomic E-state index is 12.2. The van der Waals surface area contributed by atoms with Crippen LogP contribution in [0.15, 0.2) is 60.7 Å². The van der Waals surface area contributed by atoms with Gasteiger partial charge in [0.2, 0.25) is 0 Å². The van der Waals surface area contributed by atoms with Gasteiger partial charge in [-0.25, -0.2) is 0 Å². The molecule has 0 aromatic heterocycles. The molecule has 0 unspecified atom stereocenters. The van der Waals surface area contributed by atoms with Crippen molar-refractivity contribution in [2.75, 3.05) is 13.1 Å². The van der Waals surface area contributed by atoms with E-state index in [0.717, 1.165) is 13.1 Å². The largest absolute Gasteiger partial charge is 0.351 e. The van der Waals surface area contributed by atoms with Crippen LogP contribution in [0.4, 0.5) is 8.78 Å². The maximum atomic E-state index is 12.2. The SMILES string of the molecule is O=C(NCCCN(Cc1ccccc1)Cc1ccccc1)C(F)F.